The Hall–Kier alpha value is -2.45. The van der Waals surface area contributed by atoms with Crippen LogP contribution in [0, 0.1) is 11.7 Å². The number of nitrogens with zero attached hydrogens (tertiary/aromatic N) is 3. The van der Waals surface area contributed by atoms with Crippen molar-refractivity contribution < 1.29 is 13.5 Å². The normalized spacial score (nSPS) is 16.6. The first-order valence-electron chi connectivity index (χ1n) is 10.5. The molecule has 8 heteroatoms. The highest BCUT2D eigenvalue weighted by molar-refractivity contribution is 5.79. The van der Waals surface area contributed by atoms with Crippen molar-refractivity contribution in [3.8, 4) is 11.5 Å². The topological polar surface area (TPSA) is 74.9 Å². The van der Waals surface area contributed by atoms with Gasteiger partial charge in [-0.05, 0) is 30.2 Å². The molecule has 0 radical (unpaired) electrons. The fourth-order valence-electron chi connectivity index (χ4n) is 3.57. The summed E-state index contributed by atoms with van der Waals surface area (Å²) in [6.07, 6.45) is 2.34. The van der Waals surface area contributed by atoms with Gasteiger partial charge in [-0.1, -0.05) is 13.8 Å². The summed E-state index contributed by atoms with van der Waals surface area (Å²) in [4.78, 5) is 11.3. The van der Waals surface area contributed by atoms with E-state index in [0.29, 0.717) is 30.8 Å². The first kappa shape index (κ1) is 22.2. The highest BCUT2D eigenvalue weighted by Gasteiger charge is 2.23. The monoisotopic (exact) mass is 417 g/mol. The van der Waals surface area contributed by atoms with Gasteiger partial charge in [-0.3, -0.25) is 9.89 Å². The Balaban J connectivity index is 1.45. The van der Waals surface area contributed by atoms with Crippen LogP contribution in [0.25, 0.3) is 11.5 Å². The summed E-state index contributed by atoms with van der Waals surface area (Å²) >= 11 is 0. The van der Waals surface area contributed by atoms with Crippen LogP contribution in [0.15, 0.2) is 39.9 Å². The summed E-state index contributed by atoms with van der Waals surface area (Å²) in [6.45, 7) is 9.55. The molecule has 1 atom stereocenters. The summed E-state index contributed by atoms with van der Waals surface area (Å²) in [5, 5.41) is 6.78. The summed E-state index contributed by atoms with van der Waals surface area (Å²) in [5.74, 6) is 1.53. The molecule has 2 heterocycles. The fraction of sp³-hybridized carbons (Fsp3) is 0.545. The molecule has 1 saturated heterocycles. The maximum atomic E-state index is 13.1. The lowest BCUT2D eigenvalue weighted by Gasteiger charge is -2.37. The number of aliphatic imine (C=N–C) groups is 1. The lowest BCUT2D eigenvalue weighted by Crippen LogP contribution is -2.52. The fourth-order valence-corrected chi connectivity index (χ4v) is 3.57. The van der Waals surface area contributed by atoms with Gasteiger partial charge in [0.05, 0.1) is 18.9 Å². The third kappa shape index (κ3) is 6.27. The molecule has 2 aromatic rings. The van der Waals surface area contributed by atoms with Crippen LogP contribution in [0.3, 0.4) is 0 Å². The van der Waals surface area contributed by atoms with Crippen molar-refractivity contribution in [2.24, 2.45) is 10.9 Å². The average molecular weight is 418 g/mol. The van der Waals surface area contributed by atoms with Gasteiger partial charge >= 0.3 is 0 Å². The van der Waals surface area contributed by atoms with Crippen LogP contribution < -0.4 is 10.6 Å². The second kappa shape index (κ2) is 11.1. The number of guanidine groups is 1. The molecular weight excluding hydrogens is 385 g/mol. The van der Waals surface area contributed by atoms with E-state index in [1.807, 2.05) is 0 Å². The van der Waals surface area contributed by atoms with Crippen molar-refractivity contribution in [3.63, 3.8) is 0 Å². The molecular formula is C22H32FN5O2. The van der Waals surface area contributed by atoms with Gasteiger partial charge in [0.15, 0.2) is 5.96 Å². The number of benzene rings is 1. The van der Waals surface area contributed by atoms with Gasteiger partial charge in [-0.15, -0.1) is 0 Å². The van der Waals surface area contributed by atoms with E-state index in [9.17, 15) is 4.39 Å². The maximum absolute atomic E-state index is 13.1. The summed E-state index contributed by atoms with van der Waals surface area (Å²) in [7, 11) is 1.77. The standard InChI is InChI=1S/C22H32FN5O2/c1-16(2)20(28-10-12-29-13-11-28)14-26-22(24-3)25-9-8-19-15-30-21(27-19)17-4-6-18(23)7-5-17/h4-7,15-16,20H,8-14H2,1-3H3,(H2,24,25,26). The predicted molar refractivity (Wildman–Crippen MR) is 116 cm³/mol. The van der Waals surface area contributed by atoms with E-state index >= 15 is 0 Å². The van der Waals surface area contributed by atoms with Crippen LogP contribution in [-0.4, -0.2) is 68.3 Å². The highest BCUT2D eigenvalue weighted by Crippen LogP contribution is 2.19. The minimum Gasteiger partial charge on any atom is -0.444 e. The predicted octanol–water partition coefficient (Wildman–Crippen LogP) is 2.55. The van der Waals surface area contributed by atoms with Crippen LogP contribution in [-0.2, 0) is 11.2 Å². The number of morpholine rings is 1. The van der Waals surface area contributed by atoms with E-state index in [2.05, 4.69) is 39.4 Å². The molecule has 1 fully saturated rings. The Morgan fingerprint density at radius 3 is 2.60 bits per heavy atom. The Morgan fingerprint density at radius 1 is 1.20 bits per heavy atom. The third-order valence-electron chi connectivity index (χ3n) is 5.30. The number of oxazole rings is 1. The van der Waals surface area contributed by atoms with Crippen molar-refractivity contribution in [1.29, 1.82) is 0 Å². The van der Waals surface area contributed by atoms with E-state index in [4.69, 9.17) is 9.15 Å². The SMILES string of the molecule is CN=C(NCCc1coc(-c2ccc(F)cc2)n1)NCC(C(C)C)N1CCOCC1. The first-order chi connectivity index (χ1) is 14.6. The zero-order valence-electron chi connectivity index (χ0n) is 18.0. The van der Waals surface area contributed by atoms with Gasteiger partial charge in [-0.25, -0.2) is 9.37 Å². The molecule has 7 nitrogen and oxygen atoms in total. The number of ether oxygens (including phenoxy) is 1. The number of halogens is 1. The summed E-state index contributed by atoms with van der Waals surface area (Å²) in [5.41, 5.74) is 1.60. The number of hydrogen-bond acceptors (Lipinski definition) is 5. The second-order valence-electron chi connectivity index (χ2n) is 7.74. The maximum Gasteiger partial charge on any atom is 0.226 e. The molecule has 1 aliphatic rings. The number of rotatable bonds is 8. The largest absolute Gasteiger partial charge is 0.444 e. The lowest BCUT2D eigenvalue weighted by atomic mass is 10.0. The van der Waals surface area contributed by atoms with Gasteiger partial charge in [-0.2, -0.15) is 0 Å². The zero-order valence-corrected chi connectivity index (χ0v) is 18.0. The Morgan fingerprint density at radius 2 is 1.93 bits per heavy atom. The smallest absolute Gasteiger partial charge is 0.226 e. The summed E-state index contributed by atoms with van der Waals surface area (Å²) in [6, 6.07) is 6.56. The van der Waals surface area contributed by atoms with E-state index in [1.165, 1.54) is 12.1 Å². The molecule has 0 spiro atoms. The number of hydrogen-bond donors (Lipinski definition) is 2. The molecule has 0 bridgehead atoms. The molecule has 3 rings (SSSR count). The second-order valence-corrected chi connectivity index (χ2v) is 7.74. The van der Waals surface area contributed by atoms with Crippen molar-refractivity contribution in [3.05, 3.63) is 42.0 Å². The quantitative estimate of drug-likeness (QED) is 0.508. The van der Waals surface area contributed by atoms with Crippen molar-refractivity contribution in [2.75, 3.05) is 46.4 Å². The molecule has 0 aliphatic carbocycles. The van der Waals surface area contributed by atoms with Gasteiger partial charge in [0.1, 0.15) is 12.1 Å². The van der Waals surface area contributed by atoms with Crippen molar-refractivity contribution in [2.45, 2.75) is 26.3 Å². The van der Waals surface area contributed by atoms with Crippen LogP contribution in [0.2, 0.25) is 0 Å². The van der Waals surface area contributed by atoms with Gasteiger partial charge < -0.3 is 19.8 Å². The average Bonchev–Trinajstić information content (AvgIpc) is 3.22. The molecule has 30 heavy (non-hydrogen) atoms. The van der Waals surface area contributed by atoms with Crippen molar-refractivity contribution >= 4 is 5.96 Å². The van der Waals surface area contributed by atoms with Gasteiger partial charge in [0, 0.05) is 51.3 Å². The number of nitrogens with one attached hydrogen (secondary N) is 2. The van der Waals surface area contributed by atoms with E-state index in [1.54, 1.807) is 25.4 Å². The van der Waals surface area contributed by atoms with Gasteiger partial charge in [0.25, 0.3) is 0 Å². The molecule has 1 aromatic heterocycles. The van der Waals surface area contributed by atoms with E-state index in [-0.39, 0.29) is 5.82 Å². The van der Waals surface area contributed by atoms with Crippen LogP contribution >= 0.6 is 0 Å². The Bertz CT molecular complexity index is 800. The molecule has 1 unspecified atom stereocenters. The van der Waals surface area contributed by atoms with Crippen LogP contribution in [0.4, 0.5) is 4.39 Å². The van der Waals surface area contributed by atoms with Crippen molar-refractivity contribution in [1.82, 2.24) is 20.5 Å². The van der Waals surface area contributed by atoms with Gasteiger partial charge in [0.2, 0.25) is 5.89 Å². The molecule has 1 aromatic carbocycles. The summed E-state index contributed by atoms with van der Waals surface area (Å²) < 4.78 is 24.1. The van der Waals surface area contributed by atoms with E-state index < -0.39 is 0 Å². The van der Waals surface area contributed by atoms with E-state index in [0.717, 1.165) is 50.1 Å². The van der Waals surface area contributed by atoms with Crippen LogP contribution in [0.5, 0.6) is 0 Å². The Labute approximate surface area is 177 Å². The molecule has 0 saturated carbocycles. The third-order valence-corrected chi connectivity index (χ3v) is 5.30. The molecule has 164 valence electrons. The Kier molecular flexibility index (Phi) is 8.21. The minimum absolute atomic E-state index is 0.276. The first-order valence-corrected chi connectivity index (χ1v) is 10.5. The molecule has 1 aliphatic heterocycles. The highest BCUT2D eigenvalue weighted by atomic mass is 19.1. The number of aromatic nitrogens is 1. The lowest BCUT2D eigenvalue weighted by molar-refractivity contribution is 0.00752. The molecule has 0 amide bonds. The van der Waals surface area contributed by atoms with Crippen LogP contribution in [0.1, 0.15) is 19.5 Å². The minimum atomic E-state index is -0.276. The zero-order chi connectivity index (χ0) is 21.3. The molecule has 2 N–H and O–H groups in total.